The second-order valence-electron chi connectivity index (χ2n) is 6.83. The van der Waals surface area contributed by atoms with E-state index in [4.69, 9.17) is 20.9 Å². The number of benzene rings is 2. The van der Waals surface area contributed by atoms with Gasteiger partial charge in [-0.15, -0.1) is 0 Å². The minimum absolute atomic E-state index is 0.00224. The molecule has 1 aliphatic rings. The highest BCUT2D eigenvalue weighted by Crippen LogP contribution is 2.33. The number of sulfonamides is 1. The van der Waals surface area contributed by atoms with Gasteiger partial charge < -0.3 is 14.2 Å². The van der Waals surface area contributed by atoms with Gasteiger partial charge in [-0.2, -0.15) is 4.98 Å². The predicted molar refractivity (Wildman–Crippen MR) is 113 cm³/mol. The van der Waals surface area contributed by atoms with E-state index in [-0.39, 0.29) is 23.2 Å². The lowest BCUT2D eigenvalue weighted by Crippen LogP contribution is -2.26. The number of nitrogens with one attached hydrogen (secondary N) is 1. The first kappa shape index (κ1) is 21.3. The van der Waals surface area contributed by atoms with Crippen molar-refractivity contribution in [1.29, 1.82) is 0 Å². The number of nitrogens with zero attached hydrogens (tertiary/aromatic N) is 3. The highest BCUT2D eigenvalue weighted by Gasteiger charge is 2.26. The third kappa shape index (κ3) is 4.55. The maximum Gasteiger partial charge on any atom is 0.242 e. The van der Waals surface area contributed by atoms with Crippen LogP contribution in [-0.2, 0) is 21.4 Å². The smallest absolute Gasteiger partial charge is 0.242 e. The maximum absolute atomic E-state index is 12.8. The number of methoxy groups -OCH3 is 1. The molecule has 4 rings (SSSR count). The summed E-state index contributed by atoms with van der Waals surface area (Å²) in [4.78, 5) is 17.9. The molecule has 1 N–H and O–H groups in total. The van der Waals surface area contributed by atoms with Gasteiger partial charge in [0.1, 0.15) is 5.75 Å². The molecule has 0 bridgehead atoms. The number of hydrogen-bond donors (Lipinski definition) is 1. The fourth-order valence-corrected chi connectivity index (χ4v) is 4.45. The van der Waals surface area contributed by atoms with Gasteiger partial charge in [0.2, 0.25) is 27.6 Å². The van der Waals surface area contributed by atoms with Gasteiger partial charge in [-0.25, -0.2) is 13.1 Å². The van der Waals surface area contributed by atoms with E-state index in [1.807, 2.05) is 0 Å². The van der Waals surface area contributed by atoms with E-state index < -0.39 is 10.0 Å². The molecule has 1 aliphatic heterocycles. The molecule has 0 unspecified atom stereocenters. The standard InChI is InChI=1S/C20H19ClN4O5S/c1-29-17-8-7-15(11-16(17)25-9-3-6-19(25)26)31(27,28)22-12-18-23-20(24-30-18)13-4-2-5-14(21)10-13/h2,4-5,7-8,10-11,22H,3,6,9,12H2,1H3. The van der Waals surface area contributed by atoms with Gasteiger partial charge in [0.05, 0.1) is 24.2 Å². The zero-order valence-corrected chi connectivity index (χ0v) is 18.1. The predicted octanol–water partition coefficient (Wildman–Crippen LogP) is 3.00. The Balaban J connectivity index is 1.52. The van der Waals surface area contributed by atoms with Crippen molar-refractivity contribution in [3.8, 4) is 17.1 Å². The summed E-state index contributed by atoms with van der Waals surface area (Å²) in [5.41, 5.74) is 1.08. The van der Waals surface area contributed by atoms with Crippen LogP contribution in [0.5, 0.6) is 5.75 Å². The van der Waals surface area contributed by atoms with Crippen LogP contribution in [0.15, 0.2) is 51.9 Å². The van der Waals surface area contributed by atoms with Crippen LogP contribution in [0.3, 0.4) is 0 Å². The molecule has 31 heavy (non-hydrogen) atoms. The zero-order chi connectivity index (χ0) is 22.0. The lowest BCUT2D eigenvalue weighted by atomic mass is 10.2. The van der Waals surface area contributed by atoms with Gasteiger partial charge >= 0.3 is 0 Å². The van der Waals surface area contributed by atoms with E-state index in [0.717, 1.165) is 0 Å². The summed E-state index contributed by atoms with van der Waals surface area (Å²) in [5.74, 6) is 0.760. The number of ether oxygens (including phenoxy) is 1. The zero-order valence-electron chi connectivity index (χ0n) is 16.5. The van der Waals surface area contributed by atoms with Crippen LogP contribution in [0.2, 0.25) is 5.02 Å². The summed E-state index contributed by atoms with van der Waals surface area (Å²) in [6, 6.07) is 11.3. The molecule has 11 heteroatoms. The number of amides is 1. The molecule has 2 heterocycles. The SMILES string of the molecule is COc1ccc(S(=O)(=O)NCc2nc(-c3cccc(Cl)c3)no2)cc1N1CCCC1=O. The molecule has 0 radical (unpaired) electrons. The Labute approximate surface area is 184 Å². The van der Waals surface area contributed by atoms with Gasteiger partial charge in [-0.05, 0) is 36.8 Å². The topological polar surface area (TPSA) is 115 Å². The van der Waals surface area contributed by atoms with Gasteiger partial charge in [0.15, 0.2) is 0 Å². The van der Waals surface area contributed by atoms with Crippen molar-refractivity contribution in [2.45, 2.75) is 24.3 Å². The van der Waals surface area contributed by atoms with E-state index in [1.165, 1.54) is 30.2 Å². The van der Waals surface area contributed by atoms with Crippen LogP contribution >= 0.6 is 11.6 Å². The van der Waals surface area contributed by atoms with Gasteiger partial charge in [-0.1, -0.05) is 28.9 Å². The Hall–Kier alpha value is -2.95. The Morgan fingerprint density at radius 1 is 1.26 bits per heavy atom. The fraction of sp³-hybridized carbons (Fsp3) is 0.250. The number of anilines is 1. The van der Waals surface area contributed by atoms with Crippen LogP contribution in [0.4, 0.5) is 5.69 Å². The third-order valence-electron chi connectivity index (χ3n) is 4.79. The summed E-state index contributed by atoms with van der Waals surface area (Å²) >= 11 is 5.97. The van der Waals surface area contributed by atoms with Crippen molar-refractivity contribution in [2.75, 3.05) is 18.6 Å². The average Bonchev–Trinajstić information content (AvgIpc) is 3.41. The largest absolute Gasteiger partial charge is 0.495 e. The molecule has 0 atom stereocenters. The van der Waals surface area contributed by atoms with Crippen molar-refractivity contribution in [2.24, 2.45) is 0 Å². The minimum atomic E-state index is -3.91. The summed E-state index contributed by atoms with van der Waals surface area (Å²) in [5, 5.41) is 4.38. The molecule has 1 amide bonds. The average molecular weight is 463 g/mol. The molecular weight excluding hydrogens is 444 g/mol. The summed E-state index contributed by atoms with van der Waals surface area (Å²) < 4.78 is 38.5. The number of halogens is 1. The molecule has 1 fully saturated rings. The second kappa shape index (κ2) is 8.66. The molecule has 162 valence electrons. The van der Waals surface area contributed by atoms with Crippen LogP contribution < -0.4 is 14.4 Å². The highest BCUT2D eigenvalue weighted by molar-refractivity contribution is 7.89. The quantitative estimate of drug-likeness (QED) is 0.573. The third-order valence-corrected chi connectivity index (χ3v) is 6.42. The van der Waals surface area contributed by atoms with Crippen molar-refractivity contribution in [3.63, 3.8) is 0 Å². The molecule has 9 nitrogen and oxygen atoms in total. The number of rotatable bonds is 7. The normalized spacial score (nSPS) is 14.3. The first-order valence-corrected chi connectivity index (χ1v) is 11.3. The van der Waals surface area contributed by atoms with Crippen molar-refractivity contribution < 1.29 is 22.5 Å². The molecule has 0 spiro atoms. The molecule has 0 aliphatic carbocycles. The molecule has 2 aromatic carbocycles. The molecule has 3 aromatic rings. The van der Waals surface area contributed by atoms with Crippen LogP contribution in [0.1, 0.15) is 18.7 Å². The molecule has 0 saturated carbocycles. The molecule has 1 aromatic heterocycles. The van der Waals surface area contributed by atoms with Crippen molar-refractivity contribution in [3.05, 3.63) is 53.4 Å². The molecular formula is C20H19ClN4O5S. The van der Waals surface area contributed by atoms with Crippen LogP contribution in [-0.4, -0.2) is 38.1 Å². The minimum Gasteiger partial charge on any atom is -0.495 e. The van der Waals surface area contributed by atoms with Gasteiger partial charge in [-0.3, -0.25) is 4.79 Å². The van der Waals surface area contributed by atoms with Gasteiger partial charge in [0.25, 0.3) is 0 Å². The fourth-order valence-electron chi connectivity index (χ4n) is 3.26. The Kier molecular flexibility index (Phi) is 5.94. The van der Waals surface area contributed by atoms with E-state index in [1.54, 1.807) is 24.3 Å². The Bertz CT molecular complexity index is 1230. The van der Waals surface area contributed by atoms with Crippen LogP contribution in [0.25, 0.3) is 11.4 Å². The van der Waals surface area contributed by atoms with E-state index in [9.17, 15) is 13.2 Å². The lowest BCUT2D eigenvalue weighted by Gasteiger charge is -2.20. The van der Waals surface area contributed by atoms with E-state index >= 15 is 0 Å². The summed E-state index contributed by atoms with van der Waals surface area (Å²) in [7, 11) is -2.44. The number of aromatic nitrogens is 2. The first-order chi connectivity index (χ1) is 14.9. The Morgan fingerprint density at radius 2 is 2.10 bits per heavy atom. The number of hydrogen-bond acceptors (Lipinski definition) is 7. The summed E-state index contributed by atoms with van der Waals surface area (Å²) in [6.07, 6.45) is 1.13. The Morgan fingerprint density at radius 3 is 2.81 bits per heavy atom. The highest BCUT2D eigenvalue weighted by atomic mass is 35.5. The van der Waals surface area contributed by atoms with Crippen LogP contribution in [0, 0.1) is 0 Å². The van der Waals surface area contributed by atoms with Crippen molar-refractivity contribution in [1.82, 2.24) is 14.9 Å². The lowest BCUT2D eigenvalue weighted by molar-refractivity contribution is -0.117. The summed E-state index contributed by atoms with van der Waals surface area (Å²) in [6.45, 7) is 0.320. The van der Waals surface area contributed by atoms with E-state index in [0.29, 0.717) is 47.2 Å². The first-order valence-electron chi connectivity index (χ1n) is 9.44. The van der Waals surface area contributed by atoms with Crippen molar-refractivity contribution >= 4 is 33.2 Å². The monoisotopic (exact) mass is 462 g/mol. The number of carbonyl (C=O) groups is 1. The molecule has 1 saturated heterocycles. The van der Waals surface area contributed by atoms with Gasteiger partial charge in [0, 0.05) is 23.6 Å². The van der Waals surface area contributed by atoms with E-state index in [2.05, 4.69) is 14.9 Å². The second-order valence-corrected chi connectivity index (χ2v) is 9.03. The number of carbonyl (C=O) groups excluding carboxylic acids is 1. The maximum atomic E-state index is 12.8.